The second kappa shape index (κ2) is 12.3. The van der Waals surface area contributed by atoms with Gasteiger partial charge < -0.3 is 14.9 Å². The molecule has 1 aliphatic heterocycles. The Morgan fingerprint density at radius 2 is 1.30 bits per heavy atom. The van der Waals surface area contributed by atoms with Crippen LogP contribution in [-0.2, 0) is 23.7 Å². The minimum Gasteiger partial charge on any atom is -0.507 e. The average Bonchev–Trinajstić information content (AvgIpc) is 3.39. The van der Waals surface area contributed by atoms with Crippen LogP contribution in [-0.4, -0.2) is 26.9 Å². The number of esters is 1. The van der Waals surface area contributed by atoms with Gasteiger partial charge in [0.15, 0.2) is 0 Å². The van der Waals surface area contributed by atoms with Crippen molar-refractivity contribution >= 4 is 33.5 Å². The van der Waals surface area contributed by atoms with E-state index in [0.29, 0.717) is 17.1 Å². The SMILES string of the molecule is Cc1cc(C(C)(C)C)c(O)c(C)c1CC1(Cc2c(C)cc(C(C)(C)C)c(OC(=O)c3ccc(C(=O)O)cc3)c2C)C=CSS1. The lowest BCUT2D eigenvalue weighted by molar-refractivity contribution is 0.0691. The first-order chi connectivity index (χ1) is 20.3. The molecule has 2 N–H and O–H groups in total. The van der Waals surface area contributed by atoms with Gasteiger partial charge in [0.1, 0.15) is 11.5 Å². The van der Waals surface area contributed by atoms with E-state index in [1.807, 2.05) is 24.6 Å². The molecule has 0 amide bonds. The number of phenols is 1. The van der Waals surface area contributed by atoms with Gasteiger partial charge in [-0.15, -0.1) is 0 Å². The molecule has 0 aromatic heterocycles. The van der Waals surface area contributed by atoms with Crippen LogP contribution in [0.3, 0.4) is 0 Å². The third-order valence-electron chi connectivity index (χ3n) is 8.55. The smallest absolute Gasteiger partial charge is 0.343 e. The maximum Gasteiger partial charge on any atom is 0.343 e. The second-order valence-corrected chi connectivity index (χ2v) is 16.6. The Morgan fingerprint density at radius 1 is 0.795 bits per heavy atom. The van der Waals surface area contributed by atoms with Crippen molar-refractivity contribution in [3.63, 3.8) is 0 Å². The van der Waals surface area contributed by atoms with Crippen molar-refractivity contribution in [2.75, 3.05) is 0 Å². The van der Waals surface area contributed by atoms with E-state index in [1.54, 1.807) is 10.8 Å². The highest BCUT2D eigenvalue weighted by atomic mass is 33.1. The van der Waals surface area contributed by atoms with Crippen LogP contribution in [0.1, 0.15) is 107 Å². The van der Waals surface area contributed by atoms with Crippen LogP contribution in [0.4, 0.5) is 0 Å². The number of carboxylic acid groups (broad SMARTS) is 1. The molecule has 0 saturated heterocycles. The Morgan fingerprint density at radius 3 is 1.77 bits per heavy atom. The van der Waals surface area contributed by atoms with Gasteiger partial charge in [0.05, 0.1) is 15.9 Å². The predicted molar refractivity (Wildman–Crippen MR) is 184 cm³/mol. The number of aromatic hydroxyl groups is 1. The van der Waals surface area contributed by atoms with Gasteiger partial charge in [0.25, 0.3) is 0 Å². The lowest BCUT2D eigenvalue weighted by atomic mass is 9.78. The molecule has 0 aliphatic carbocycles. The summed E-state index contributed by atoms with van der Waals surface area (Å²) in [6, 6.07) is 10.1. The largest absolute Gasteiger partial charge is 0.507 e. The van der Waals surface area contributed by atoms with Crippen LogP contribution in [0.15, 0.2) is 47.9 Å². The molecular formula is C37H44O5S2. The Labute approximate surface area is 269 Å². The van der Waals surface area contributed by atoms with Gasteiger partial charge in [-0.05, 0) is 120 Å². The number of aromatic carboxylic acids is 1. The van der Waals surface area contributed by atoms with Crippen molar-refractivity contribution in [2.24, 2.45) is 0 Å². The summed E-state index contributed by atoms with van der Waals surface area (Å²) in [4.78, 5) is 24.7. The zero-order chi connectivity index (χ0) is 32.8. The lowest BCUT2D eigenvalue weighted by Crippen LogP contribution is -2.28. The molecule has 0 bridgehead atoms. The Kier molecular flexibility index (Phi) is 9.44. The van der Waals surface area contributed by atoms with Crippen LogP contribution in [0.2, 0.25) is 0 Å². The van der Waals surface area contributed by atoms with Crippen molar-refractivity contribution in [3.05, 3.63) is 104 Å². The second-order valence-electron chi connectivity index (χ2n) is 14.0. The van der Waals surface area contributed by atoms with Gasteiger partial charge in [-0.25, -0.2) is 9.59 Å². The summed E-state index contributed by atoms with van der Waals surface area (Å²) in [6.45, 7) is 21.0. The number of ether oxygens (including phenoxy) is 1. The number of carbonyl (C=O) groups is 2. The van der Waals surface area contributed by atoms with Crippen molar-refractivity contribution < 1.29 is 24.5 Å². The first-order valence-corrected chi connectivity index (χ1v) is 17.1. The van der Waals surface area contributed by atoms with Gasteiger partial charge in [0.2, 0.25) is 0 Å². The summed E-state index contributed by atoms with van der Waals surface area (Å²) in [7, 11) is 3.55. The van der Waals surface area contributed by atoms with Crippen molar-refractivity contribution in [1.82, 2.24) is 0 Å². The van der Waals surface area contributed by atoms with Gasteiger partial charge in [-0.3, -0.25) is 0 Å². The first-order valence-electron chi connectivity index (χ1n) is 14.9. The third-order valence-corrected chi connectivity index (χ3v) is 11.3. The summed E-state index contributed by atoms with van der Waals surface area (Å²) in [5, 5.41) is 22.6. The van der Waals surface area contributed by atoms with Crippen LogP contribution >= 0.6 is 21.6 Å². The van der Waals surface area contributed by atoms with Crippen LogP contribution < -0.4 is 4.74 Å². The number of aryl methyl sites for hydroxylation is 2. The van der Waals surface area contributed by atoms with E-state index in [2.05, 4.69) is 79.0 Å². The quantitative estimate of drug-likeness (QED) is 0.152. The molecule has 1 unspecified atom stereocenters. The number of benzene rings is 3. The summed E-state index contributed by atoms with van der Waals surface area (Å²) in [5.74, 6) is -0.637. The van der Waals surface area contributed by atoms with Crippen LogP contribution in [0, 0.1) is 27.7 Å². The van der Waals surface area contributed by atoms with E-state index in [0.717, 1.165) is 51.8 Å². The molecule has 3 aromatic carbocycles. The monoisotopic (exact) mass is 632 g/mol. The third kappa shape index (κ3) is 6.89. The number of phenolic OH excluding ortho intramolecular Hbond substituents is 1. The molecule has 1 heterocycles. The standard InChI is InChI=1S/C37H44O5S2/c1-21-17-29(35(5,6)7)31(38)23(3)27(21)19-37(15-16-43-44-37)20-28-22(2)18-30(36(8,9)10)32(24(28)4)42-34(41)26-13-11-25(12-14-26)33(39)40/h11-18,38H,19-20H2,1-10H3,(H,39,40). The number of rotatable bonds is 7. The molecule has 3 aromatic rings. The summed E-state index contributed by atoms with van der Waals surface area (Å²) in [5.41, 5.74) is 8.33. The molecule has 234 valence electrons. The maximum absolute atomic E-state index is 13.4. The molecule has 44 heavy (non-hydrogen) atoms. The van der Waals surface area contributed by atoms with Gasteiger partial charge in [-0.2, -0.15) is 0 Å². The van der Waals surface area contributed by atoms with Crippen molar-refractivity contribution in [3.8, 4) is 11.5 Å². The summed E-state index contributed by atoms with van der Waals surface area (Å²) < 4.78 is 5.89. The highest BCUT2D eigenvalue weighted by Crippen LogP contribution is 2.51. The molecule has 1 aliphatic rings. The molecular weight excluding hydrogens is 589 g/mol. The number of carboxylic acids is 1. The molecule has 5 nitrogen and oxygen atoms in total. The predicted octanol–water partition coefficient (Wildman–Crippen LogP) is 9.57. The van der Waals surface area contributed by atoms with Gasteiger partial charge in [0, 0.05) is 5.56 Å². The Balaban J connectivity index is 1.77. The molecule has 0 spiro atoms. The highest BCUT2D eigenvalue weighted by molar-refractivity contribution is 8.78. The molecule has 4 rings (SSSR count). The average molecular weight is 633 g/mol. The zero-order valence-corrected chi connectivity index (χ0v) is 29.1. The Bertz CT molecular complexity index is 1640. The normalized spacial score (nSPS) is 16.8. The maximum atomic E-state index is 13.4. The van der Waals surface area contributed by atoms with E-state index in [4.69, 9.17) is 4.74 Å². The van der Waals surface area contributed by atoms with Crippen LogP contribution in [0.5, 0.6) is 11.5 Å². The van der Waals surface area contributed by atoms with Gasteiger partial charge >= 0.3 is 11.9 Å². The van der Waals surface area contributed by atoms with E-state index in [1.165, 1.54) is 29.8 Å². The van der Waals surface area contributed by atoms with E-state index in [9.17, 15) is 19.8 Å². The topological polar surface area (TPSA) is 83.8 Å². The fourth-order valence-corrected chi connectivity index (χ4v) is 8.47. The minimum atomic E-state index is -1.05. The molecule has 0 fully saturated rings. The zero-order valence-electron chi connectivity index (χ0n) is 27.5. The molecule has 7 heteroatoms. The van der Waals surface area contributed by atoms with E-state index >= 15 is 0 Å². The fourth-order valence-electron chi connectivity index (χ4n) is 5.86. The molecule has 1 atom stereocenters. The number of hydrogen-bond acceptors (Lipinski definition) is 6. The Hall–Kier alpha value is -3.16. The summed E-state index contributed by atoms with van der Waals surface area (Å²) >= 11 is 0. The van der Waals surface area contributed by atoms with Gasteiger partial charge in [-0.1, -0.05) is 81.3 Å². The summed E-state index contributed by atoms with van der Waals surface area (Å²) in [6.07, 6.45) is 3.76. The van der Waals surface area contributed by atoms with E-state index < -0.39 is 11.9 Å². The first kappa shape index (κ1) is 33.7. The number of hydrogen-bond donors (Lipinski definition) is 2. The highest BCUT2D eigenvalue weighted by Gasteiger charge is 2.37. The molecule has 0 saturated carbocycles. The van der Waals surface area contributed by atoms with E-state index in [-0.39, 0.29) is 21.1 Å². The van der Waals surface area contributed by atoms with Crippen LogP contribution in [0.25, 0.3) is 0 Å². The fraction of sp³-hybridized carbons (Fsp3) is 0.405. The minimum absolute atomic E-state index is 0.114. The van der Waals surface area contributed by atoms with Crippen molar-refractivity contribution in [1.29, 1.82) is 0 Å². The molecule has 0 radical (unpaired) electrons. The lowest BCUT2D eigenvalue weighted by Gasteiger charge is -2.32. The number of carbonyl (C=O) groups excluding carboxylic acids is 1. The van der Waals surface area contributed by atoms with Crippen molar-refractivity contribution in [2.45, 2.75) is 97.7 Å².